The van der Waals surface area contributed by atoms with Crippen molar-refractivity contribution in [3.05, 3.63) is 175 Å². The van der Waals surface area contributed by atoms with Crippen LogP contribution in [-0.4, -0.2) is 178 Å². The van der Waals surface area contributed by atoms with Gasteiger partial charge in [-0.3, -0.25) is 9.59 Å². The maximum absolute atomic E-state index is 13.3. The molecule has 23 nitrogen and oxygen atoms in total. The zero-order chi connectivity index (χ0) is 91.3. The van der Waals surface area contributed by atoms with Crippen molar-refractivity contribution >= 4 is 179 Å². The normalized spacial score (nSPS) is 13.9. The fraction of sp³-hybridized carbons (Fsp3) is 0.410. The van der Waals surface area contributed by atoms with Gasteiger partial charge in [0.2, 0.25) is 17.6 Å². The Morgan fingerprint density at radius 2 is 0.754 bits per heavy atom. The van der Waals surface area contributed by atoms with Crippen LogP contribution in [-0.2, 0) is 84.2 Å². The van der Waals surface area contributed by atoms with E-state index in [2.05, 4.69) is 27.0 Å². The second-order valence-electron chi connectivity index (χ2n) is 26.6. The average molecular weight is 2020 g/mol. The van der Waals surface area contributed by atoms with Crippen molar-refractivity contribution in [1.29, 1.82) is 0 Å². The van der Waals surface area contributed by atoms with Gasteiger partial charge in [0.05, 0.1) is 122 Å². The molecule has 0 amide bonds. The average Bonchev–Trinajstić information content (AvgIpc) is 1.66. The number of ketones is 2. The number of aliphatic hydroxyl groups is 2. The molecule has 6 N–H and O–H groups in total. The monoisotopic (exact) mass is 2020 g/mol. The van der Waals surface area contributed by atoms with Gasteiger partial charge in [0.25, 0.3) is 0 Å². The first-order chi connectivity index (χ1) is 57.5. The molecule has 5 heterocycles. The van der Waals surface area contributed by atoms with Gasteiger partial charge in [-0.1, -0.05) is 92.2 Å². The number of aromatic carboxylic acids is 2. The van der Waals surface area contributed by atoms with Gasteiger partial charge in [0, 0.05) is 135 Å². The SMILES string of the molecule is CC(=O)C(F)(F)S(=O)(=O)F.COC(=O)c1cn(CCO)c2cccc(Cl)c12.COC(=O)c1cn(CCOC(F)F)c2cccc(Cl)c12.NCC1CCC(F)(F)CC1.O=C(CCC1CCC(F)(F)CC1)c1cn(CCOC(F)F)c2cccc(Cl)c12.O=C(O)c1cn(CCO)c2cccc(Cl)c12.O=C(O)c1cn(CCOC(F)F)c2cccc(Cl)c12.[Cu][I]. The number of hydrogen-bond donors (Lipinski definition) is 5. The van der Waals surface area contributed by atoms with Crippen molar-refractivity contribution < 1.29 is 151 Å². The molecule has 5 aromatic heterocycles. The number of carboxylic acids is 2. The van der Waals surface area contributed by atoms with Crippen LogP contribution in [0.2, 0.25) is 25.1 Å². The fourth-order valence-corrected chi connectivity index (χ4v) is 14.5. The number of ether oxygens (including phenoxy) is 5. The summed E-state index contributed by atoms with van der Waals surface area (Å²) >= 11 is 36.3. The first kappa shape index (κ1) is 105. The third-order valence-electron chi connectivity index (χ3n) is 18.8. The number of benzene rings is 5. The molecular weight excluding hydrogens is 1940 g/mol. The van der Waals surface area contributed by atoms with Crippen LogP contribution in [0.1, 0.15) is 123 Å². The summed E-state index contributed by atoms with van der Waals surface area (Å²) in [6, 6.07) is 25.8. The maximum atomic E-state index is 13.3. The quantitative estimate of drug-likeness (QED) is 0.00797. The van der Waals surface area contributed by atoms with E-state index in [1.54, 1.807) is 136 Å². The molecule has 0 aliphatic heterocycles. The molecule has 10 aromatic rings. The van der Waals surface area contributed by atoms with Crippen molar-refractivity contribution in [3.63, 3.8) is 0 Å². The van der Waals surface area contributed by atoms with E-state index >= 15 is 0 Å². The molecule has 2 saturated carbocycles. The molecule has 0 radical (unpaired) electrons. The van der Waals surface area contributed by atoms with Crippen LogP contribution < -0.4 is 5.73 Å². The molecule has 122 heavy (non-hydrogen) atoms. The molecule has 0 bridgehead atoms. The minimum absolute atomic E-state index is 0.00307. The Morgan fingerprint density at radius 1 is 0.492 bits per heavy atom. The molecule has 0 atom stereocenters. The van der Waals surface area contributed by atoms with Crippen molar-refractivity contribution in [2.45, 2.75) is 141 Å². The third kappa shape index (κ3) is 29.8. The summed E-state index contributed by atoms with van der Waals surface area (Å²) in [7, 11) is -3.49. The summed E-state index contributed by atoms with van der Waals surface area (Å²) in [4.78, 5) is 68.1. The Kier molecular flexibility index (Phi) is 42.6. The summed E-state index contributed by atoms with van der Waals surface area (Å²) in [6.45, 7) is -7.07. The molecule has 12 rings (SSSR count). The number of fused-ring (bicyclic) bond motifs is 5. The number of alkyl halides is 12. The second kappa shape index (κ2) is 49.4. The first-order valence-corrected chi connectivity index (χ1v) is 42.6. The minimum atomic E-state index is -6.08. The number of carboxylic acid groups (broad SMARTS) is 2. The van der Waals surface area contributed by atoms with Crippen molar-refractivity contribution in [3.8, 4) is 0 Å². The number of hydrogen-bond acceptors (Lipinski definition) is 16. The van der Waals surface area contributed by atoms with Crippen molar-refractivity contribution in [2.75, 3.05) is 53.8 Å². The van der Waals surface area contributed by atoms with Gasteiger partial charge in [-0.2, -0.15) is 43.5 Å². The standard InChI is InChI=1S/C20H22ClF4NO2.C13H12ClF2NO3.C12H10ClF2NO3.C12H12ClNO3.C11H10ClNO3.C7H13F2N.C3H3F3O3S.Cu.HI/c21-15-2-1-3-16-18(15)14(12-26(16)10-11-28-19(22)23)17(27)5-4-13-6-8-20(24,25)9-7-13;1-19-12(18)8-7-17(5-6-20-13(15)16)10-4-2-3-9(14)11(8)10;13-8-2-1-3-9-10(8)7(11(17)18)6-16(9)4-5-19-12(14)15;1-17-12(16)8-7-14(5-6-15)10-4-2-3-9(13)11(8)10;12-8-2-1-3-9-10(8)7(11(15)16)6-13(9)4-5-14;8-7(9)3-1-6(5-10)2-4-7;1-2(7)3(4,5)10(6,8)9;;/h1-3,12-13,19H,4-11H2;2-4,7,13H,5-6H2,1H3;1-3,6,12H,4-5H2,(H,17,18);2-4,7,15H,5-6H2,1H3;1-3,6,14H,4-5H2,(H,15,16);6H,1-5,10H2;1H3;;1H/q;;;;;;;+1;/p-1. The Labute approximate surface area is 733 Å². The van der Waals surface area contributed by atoms with E-state index in [1.807, 2.05) is 6.07 Å². The number of nitrogens with two attached hydrogens (primary N) is 1. The van der Waals surface area contributed by atoms with Crippen LogP contribution in [0.15, 0.2) is 122 Å². The number of nitrogens with zero attached hydrogens (tertiary/aromatic N) is 5. The van der Waals surface area contributed by atoms with E-state index in [4.69, 9.17) is 93.6 Å². The topological polar surface area (TPSA) is 314 Å². The van der Waals surface area contributed by atoms with Crippen molar-refractivity contribution in [1.82, 2.24) is 22.8 Å². The summed E-state index contributed by atoms with van der Waals surface area (Å²) in [5.41, 5.74) is 10.1. The molecule has 0 saturated heterocycles. The van der Waals surface area contributed by atoms with Gasteiger partial charge in [-0.25, -0.2) is 36.7 Å². The molecule has 2 fully saturated rings. The number of carbonyl (C=O) groups is 6. The van der Waals surface area contributed by atoms with E-state index in [1.165, 1.54) is 37.4 Å². The Bertz CT molecular complexity index is 5280. The molecule has 5 aromatic carbocycles. The van der Waals surface area contributed by atoms with E-state index < -0.39 is 76.8 Å². The van der Waals surface area contributed by atoms with Crippen molar-refractivity contribution in [2.24, 2.45) is 17.6 Å². The number of Topliss-reactive ketones (excluding diaryl/α,β-unsaturated/α-hetero) is 2. The third-order valence-corrected chi connectivity index (χ3v) is 21.2. The van der Waals surface area contributed by atoms with Gasteiger partial charge in [-0.05, 0) is 111 Å². The molecular formula is C78H82Cl5CuF13IN6O17S. The van der Waals surface area contributed by atoms with Gasteiger partial charge in [0.1, 0.15) is 0 Å². The Balaban J connectivity index is 0.000000258. The van der Waals surface area contributed by atoms with Crippen LogP contribution in [0.4, 0.5) is 56.6 Å². The van der Waals surface area contributed by atoms with E-state index in [0.717, 1.165) is 11.0 Å². The Hall–Kier alpha value is -7.48. The number of halogens is 19. The van der Waals surface area contributed by atoms with Gasteiger partial charge >= 0.3 is 92.3 Å². The van der Waals surface area contributed by atoms with Gasteiger partial charge < -0.3 is 72.7 Å². The van der Waals surface area contributed by atoms with Crippen LogP contribution in [0, 0.1) is 11.8 Å². The predicted molar refractivity (Wildman–Crippen MR) is 437 cm³/mol. The number of rotatable bonds is 27. The van der Waals surface area contributed by atoms with Crippen LogP contribution in [0.5, 0.6) is 0 Å². The second-order valence-corrected chi connectivity index (χ2v) is 30.0. The predicted octanol–water partition coefficient (Wildman–Crippen LogP) is 20.1. The van der Waals surface area contributed by atoms with Crippen LogP contribution in [0.3, 0.4) is 0 Å². The van der Waals surface area contributed by atoms with E-state index in [0.29, 0.717) is 143 Å². The molecule has 0 unspecified atom stereocenters. The zero-order valence-electron chi connectivity index (χ0n) is 64.6. The number of esters is 2. The number of methoxy groups -OCH3 is 2. The van der Waals surface area contributed by atoms with Gasteiger partial charge in [-0.15, -0.1) is 0 Å². The van der Waals surface area contributed by atoms with E-state index in [-0.39, 0.29) is 115 Å². The summed E-state index contributed by atoms with van der Waals surface area (Å²) in [6.07, 6.45) is 10.3. The van der Waals surface area contributed by atoms with Crippen LogP contribution in [0.25, 0.3) is 54.5 Å². The molecule has 44 heteroatoms. The fourth-order valence-electron chi connectivity index (χ4n) is 12.8. The number of carbonyl (C=O) groups excluding carboxylic acids is 4. The molecule has 0 spiro atoms. The molecule has 676 valence electrons. The zero-order valence-corrected chi connectivity index (χ0v) is 72.3. The van der Waals surface area contributed by atoms with Gasteiger partial charge in [0.15, 0.2) is 5.78 Å². The first-order valence-electron chi connectivity index (χ1n) is 36.3. The summed E-state index contributed by atoms with van der Waals surface area (Å²) in [5, 5.41) is 35.9. The molecule has 2 aliphatic rings. The number of aromatic nitrogens is 5. The number of aliphatic hydroxyl groups excluding tert-OH is 2. The molecule has 2 aliphatic carbocycles. The van der Waals surface area contributed by atoms with E-state index in [9.17, 15) is 93.8 Å². The Morgan fingerprint density at radius 3 is 1.00 bits per heavy atom. The summed E-state index contributed by atoms with van der Waals surface area (Å²) < 4.78 is 208. The summed E-state index contributed by atoms with van der Waals surface area (Å²) in [5.74, 6) is -9.77. The van der Waals surface area contributed by atoms with Crippen LogP contribution >= 0.6 is 78.3 Å².